The van der Waals surface area contributed by atoms with Gasteiger partial charge in [0.05, 0.1) is 17.9 Å². The second-order valence-electron chi connectivity index (χ2n) is 7.09. The molecule has 2 heterocycles. The third kappa shape index (κ3) is 4.63. The van der Waals surface area contributed by atoms with Gasteiger partial charge in [-0.2, -0.15) is 5.10 Å². The van der Waals surface area contributed by atoms with Crippen LogP contribution >= 0.6 is 0 Å². The smallest absolute Gasteiger partial charge is 0.267 e. The molecule has 0 unspecified atom stereocenters. The minimum absolute atomic E-state index is 0.0494. The maximum absolute atomic E-state index is 14.6. The van der Waals surface area contributed by atoms with Gasteiger partial charge < -0.3 is 15.0 Å². The Morgan fingerprint density at radius 1 is 1.30 bits per heavy atom. The normalized spacial score (nSPS) is 23.3. The number of hydrazone groups is 1. The molecule has 0 aliphatic carbocycles. The quantitative estimate of drug-likeness (QED) is 0.867. The number of ether oxygens (including phenoxy) is 1. The maximum Gasteiger partial charge on any atom is 0.267 e. The van der Waals surface area contributed by atoms with Gasteiger partial charge in [0.1, 0.15) is 11.5 Å². The standard InChI is InChI=1S/C19H25FN4O3/c1-12-10-24(11-13(2)27-12)17-6-4-14(8-15(17)20)9-21-19(26)16-5-7-18(25)23(3)22-16/h4,6,8,12-13H,5,7,9-11H2,1-3H3,(H,21,26)/t12-,13-/m0/s1. The number of morpholine rings is 1. The zero-order valence-corrected chi connectivity index (χ0v) is 15.9. The molecule has 1 aromatic carbocycles. The topological polar surface area (TPSA) is 74.2 Å². The monoisotopic (exact) mass is 376 g/mol. The lowest BCUT2D eigenvalue weighted by Crippen LogP contribution is -2.45. The summed E-state index contributed by atoms with van der Waals surface area (Å²) in [6.45, 7) is 5.43. The van der Waals surface area contributed by atoms with Gasteiger partial charge in [0, 0.05) is 39.5 Å². The molecule has 8 heteroatoms. The van der Waals surface area contributed by atoms with Crippen molar-refractivity contribution in [2.24, 2.45) is 5.10 Å². The van der Waals surface area contributed by atoms with Crippen molar-refractivity contribution in [1.29, 1.82) is 0 Å². The van der Waals surface area contributed by atoms with E-state index < -0.39 is 0 Å². The zero-order valence-electron chi connectivity index (χ0n) is 15.9. The third-order valence-corrected chi connectivity index (χ3v) is 4.69. The van der Waals surface area contributed by atoms with Gasteiger partial charge in [-0.3, -0.25) is 9.59 Å². The van der Waals surface area contributed by atoms with E-state index in [2.05, 4.69) is 10.4 Å². The summed E-state index contributed by atoms with van der Waals surface area (Å²) in [6, 6.07) is 4.99. The van der Waals surface area contributed by atoms with Gasteiger partial charge in [0.25, 0.3) is 5.91 Å². The van der Waals surface area contributed by atoms with Gasteiger partial charge in [-0.05, 0) is 31.5 Å². The van der Waals surface area contributed by atoms with E-state index in [1.54, 1.807) is 6.07 Å². The molecule has 1 fully saturated rings. The van der Waals surface area contributed by atoms with Crippen LogP contribution in [0, 0.1) is 5.82 Å². The summed E-state index contributed by atoms with van der Waals surface area (Å²) in [5.41, 5.74) is 1.52. The van der Waals surface area contributed by atoms with E-state index in [0.717, 1.165) is 0 Å². The van der Waals surface area contributed by atoms with Crippen molar-refractivity contribution in [3.05, 3.63) is 29.6 Å². The van der Waals surface area contributed by atoms with E-state index in [1.165, 1.54) is 18.1 Å². The Labute approximate surface area is 158 Å². The molecular formula is C19H25FN4O3. The second kappa shape index (κ2) is 8.04. The number of rotatable bonds is 4. The summed E-state index contributed by atoms with van der Waals surface area (Å²) in [4.78, 5) is 25.6. The molecule has 0 aromatic heterocycles. The van der Waals surface area contributed by atoms with Crippen molar-refractivity contribution in [1.82, 2.24) is 10.3 Å². The molecule has 7 nitrogen and oxygen atoms in total. The number of nitrogens with zero attached hydrogens (tertiary/aromatic N) is 3. The fourth-order valence-electron chi connectivity index (χ4n) is 3.41. The molecule has 1 saturated heterocycles. The Balaban J connectivity index is 1.62. The van der Waals surface area contributed by atoms with Crippen molar-refractivity contribution in [2.45, 2.75) is 45.4 Å². The van der Waals surface area contributed by atoms with Crippen LogP contribution in [0.5, 0.6) is 0 Å². The molecule has 2 aliphatic rings. The summed E-state index contributed by atoms with van der Waals surface area (Å²) in [6.07, 6.45) is 0.680. The molecule has 0 bridgehead atoms. The number of amides is 2. The number of carbonyl (C=O) groups excluding carboxylic acids is 2. The summed E-state index contributed by atoms with van der Waals surface area (Å²) in [7, 11) is 1.52. The Hall–Kier alpha value is -2.48. The maximum atomic E-state index is 14.6. The number of hydrogen-bond acceptors (Lipinski definition) is 5. The molecule has 2 atom stereocenters. The van der Waals surface area contributed by atoms with Crippen LogP contribution in [0.1, 0.15) is 32.3 Å². The number of hydrogen-bond donors (Lipinski definition) is 1. The van der Waals surface area contributed by atoms with Gasteiger partial charge in [-0.25, -0.2) is 9.40 Å². The molecule has 2 aliphatic heterocycles. The van der Waals surface area contributed by atoms with Crippen LogP contribution in [0.25, 0.3) is 0 Å². The molecule has 0 radical (unpaired) electrons. The van der Waals surface area contributed by atoms with Crippen LogP contribution in [0.2, 0.25) is 0 Å². The highest BCUT2D eigenvalue weighted by Gasteiger charge is 2.25. The van der Waals surface area contributed by atoms with Crippen LogP contribution in [0.15, 0.2) is 23.3 Å². The van der Waals surface area contributed by atoms with Crippen molar-refractivity contribution < 1.29 is 18.7 Å². The summed E-state index contributed by atoms with van der Waals surface area (Å²) >= 11 is 0. The zero-order chi connectivity index (χ0) is 19.6. The Morgan fingerprint density at radius 3 is 2.63 bits per heavy atom. The average Bonchev–Trinajstić information content (AvgIpc) is 2.61. The highest BCUT2D eigenvalue weighted by molar-refractivity contribution is 6.39. The largest absolute Gasteiger partial charge is 0.372 e. The summed E-state index contributed by atoms with van der Waals surface area (Å²) < 4.78 is 20.3. The molecule has 146 valence electrons. The van der Waals surface area contributed by atoms with E-state index in [1.807, 2.05) is 24.8 Å². The van der Waals surface area contributed by atoms with E-state index in [4.69, 9.17) is 4.74 Å². The SMILES string of the molecule is C[C@H]1CN(c2ccc(CNC(=O)C3=NN(C)C(=O)CC3)cc2F)C[C@H](C)O1. The van der Waals surface area contributed by atoms with Crippen LogP contribution in [-0.4, -0.2) is 54.9 Å². The van der Waals surface area contributed by atoms with Crippen molar-refractivity contribution in [3.63, 3.8) is 0 Å². The molecule has 1 aromatic rings. The predicted octanol–water partition coefficient (Wildman–Crippen LogP) is 1.66. The van der Waals surface area contributed by atoms with Crippen LogP contribution in [0.4, 0.5) is 10.1 Å². The fraction of sp³-hybridized carbons (Fsp3) is 0.526. The molecule has 27 heavy (non-hydrogen) atoms. The lowest BCUT2D eigenvalue weighted by Gasteiger charge is -2.37. The first-order valence-corrected chi connectivity index (χ1v) is 9.14. The van der Waals surface area contributed by atoms with Crippen molar-refractivity contribution in [2.75, 3.05) is 25.0 Å². The Kier molecular flexibility index (Phi) is 5.74. The number of carbonyl (C=O) groups is 2. The second-order valence-corrected chi connectivity index (χ2v) is 7.09. The van der Waals surface area contributed by atoms with E-state index >= 15 is 0 Å². The van der Waals surface area contributed by atoms with Gasteiger partial charge in [-0.1, -0.05) is 6.07 Å². The summed E-state index contributed by atoms with van der Waals surface area (Å²) in [5.74, 6) is -0.769. The molecular weight excluding hydrogens is 351 g/mol. The van der Waals surface area contributed by atoms with Crippen LogP contribution in [-0.2, 0) is 20.9 Å². The Bertz CT molecular complexity index is 757. The van der Waals surface area contributed by atoms with Gasteiger partial charge in [0.15, 0.2) is 0 Å². The molecule has 1 N–H and O–H groups in total. The highest BCUT2D eigenvalue weighted by Crippen LogP contribution is 2.24. The van der Waals surface area contributed by atoms with Crippen molar-refractivity contribution >= 4 is 23.2 Å². The minimum Gasteiger partial charge on any atom is -0.372 e. The first-order chi connectivity index (χ1) is 12.8. The van der Waals surface area contributed by atoms with Gasteiger partial charge in [-0.15, -0.1) is 0 Å². The minimum atomic E-state index is -0.338. The van der Waals surface area contributed by atoms with Crippen molar-refractivity contribution in [3.8, 4) is 0 Å². The number of halogens is 1. The van der Waals surface area contributed by atoms with Crippen LogP contribution in [0.3, 0.4) is 0 Å². The lowest BCUT2D eigenvalue weighted by molar-refractivity contribution is -0.130. The number of anilines is 1. The third-order valence-electron chi connectivity index (χ3n) is 4.69. The van der Waals surface area contributed by atoms with Gasteiger partial charge in [0.2, 0.25) is 5.91 Å². The highest BCUT2D eigenvalue weighted by atomic mass is 19.1. The summed E-state index contributed by atoms with van der Waals surface area (Å²) in [5, 5.41) is 7.89. The van der Waals surface area contributed by atoms with E-state index in [9.17, 15) is 14.0 Å². The molecule has 2 amide bonds. The van der Waals surface area contributed by atoms with Gasteiger partial charge >= 0.3 is 0 Å². The molecule has 0 saturated carbocycles. The molecule has 0 spiro atoms. The number of nitrogens with one attached hydrogen (secondary N) is 1. The molecule has 3 rings (SSSR count). The van der Waals surface area contributed by atoms with E-state index in [-0.39, 0.29) is 42.8 Å². The Morgan fingerprint density at radius 2 is 2.00 bits per heavy atom. The first-order valence-electron chi connectivity index (χ1n) is 9.14. The number of benzene rings is 1. The van der Waals surface area contributed by atoms with E-state index in [0.29, 0.717) is 36.5 Å². The first kappa shape index (κ1) is 19.3. The lowest BCUT2D eigenvalue weighted by atomic mass is 10.1. The predicted molar refractivity (Wildman–Crippen MR) is 99.9 cm³/mol. The fourth-order valence-corrected chi connectivity index (χ4v) is 3.41. The average molecular weight is 376 g/mol. The van der Waals surface area contributed by atoms with Crippen LogP contribution < -0.4 is 10.2 Å².